The Morgan fingerprint density at radius 2 is 1.67 bits per heavy atom. The molecule has 0 bridgehead atoms. The van der Waals surface area contributed by atoms with Gasteiger partial charge in [-0.05, 0) is 79.8 Å². The molecular weight excluding hydrogens is 532 g/mol. The van der Waals surface area contributed by atoms with Crippen LogP contribution in [-0.2, 0) is 33.5 Å². The minimum absolute atomic E-state index is 0.0159. The Morgan fingerprint density at radius 1 is 1.00 bits per heavy atom. The fourth-order valence-corrected chi connectivity index (χ4v) is 7.05. The van der Waals surface area contributed by atoms with Gasteiger partial charge in [-0.3, -0.25) is 9.59 Å². The van der Waals surface area contributed by atoms with Crippen molar-refractivity contribution < 1.29 is 27.2 Å². The van der Waals surface area contributed by atoms with Gasteiger partial charge >= 0.3 is 6.18 Å². The van der Waals surface area contributed by atoms with Crippen LogP contribution < -0.4 is 0 Å². The number of fused-ring (bicyclic) bond motifs is 3. The number of amides is 2. The SMILES string of the molecule is CC(=O)N1CCC(C(=O)N2CCC3(Cc4ccc(Cl)cc4)c4ccc(C(C)(F)C(F)(F)F)cc4CCC23)CC1. The van der Waals surface area contributed by atoms with Crippen LogP contribution in [0.5, 0.6) is 0 Å². The van der Waals surface area contributed by atoms with Crippen molar-refractivity contribution in [3.8, 4) is 0 Å². The Bertz CT molecular complexity index is 1250. The molecule has 2 aliphatic heterocycles. The van der Waals surface area contributed by atoms with Crippen LogP contribution >= 0.6 is 11.6 Å². The van der Waals surface area contributed by atoms with Crippen LogP contribution in [0.4, 0.5) is 17.6 Å². The van der Waals surface area contributed by atoms with E-state index in [1.54, 1.807) is 17.9 Å². The highest BCUT2D eigenvalue weighted by atomic mass is 35.5. The largest absolute Gasteiger partial charge is 0.426 e. The van der Waals surface area contributed by atoms with Gasteiger partial charge in [-0.15, -0.1) is 0 Å². The maximum absolute atomic E-state index is 14.9. The Kier molecular flexibility index (Phi) is 7.23. The molecule has 210 valence electrons. The first kappa shape index (κ1) is 27.9. The summed E-state index contributed by atoms with van der Waals surface area (Å²) < 4.78 is 55.4. The normalized spacial score (nSPS) is 25.2. The zero-order valence-corrected chi connectivity index (χ0v) is 22.9. The zero-order valence-electron chi connectivity index (χ0n) is 22.2. The number of carbonyl (C=O) groups is 2. The van der Waals surface area contributed by atoms with E-state index < -0.39 is 22.8 Å². The third kappa shape index (κ3) is 4.94. The van der Waals surface area contributed by atoms with Crippen LogP contribution in [0.2, 0.25) is 5.02 Å². The van der Waals surface area contributed by atoms with E-state index in [1.807, 2.05) is 29.2 Å². The van der Waals surface area contributed by atoms with Crippen LogP contribution in [0.3, 0.4) is 0 Å². The molecule has 2 aromatic rings. The van der Waals surface area contributed by atoms with E-state index in [9.17, 15) is 27.2 Å². The van der Waals surface area contributed by atoms with Gasteiger partial charge in [0.05, 0.1) is 0 Å². The average Bonchev–Trinajstić information content (AvgIpc) is 3.28. The number of benzene rings is 2. The first-order valence-electron chi connectivity index (χ1n) is 13.5. The zero-order chi connectivity index (χ0) is 28.2. The van der Waals surface area contributed by atoms with Gasteiger partial charge in [0, 0.05) is 49.0 Å². The fraction of sp³-hybridized carbons (Fsp3) is 0.533. The molecule has 2 heterocycles. The maximum Gasteiger partial charge on any atom is 0.426 e. The average molecular weight is 565 g/mol. The van der Waals surface area contributed by atoms with Crippen LogP contribution in [0, 0.1) is 5.92 Å². The van der Waals surface area contributed by atoms with Crippen LogP contribution in [0.1, 0.15) is 61.8 Å². The number of likely N-dealkylation sites (tertiary alicyclic amines) is 2. The van der Waals surface area contributed by atoms with Crippen molar-refractivity contribution in [1.29, 1.82) is 0 Å². The lowest BCUT2D eigenvalue weighted by Crippen LogP contribution is -2.51. The van der Waals surface area contributed by atoms with E-state index in [0.29, 0.717) is 70.1 Å². The van der Waals surface area contributed by atoms with Crippen molar-refractivity contribution in [1.82, 2.24) is 9.80 Å². The highest BCUT2D eigenvalue weighted by Gasteiger charge is 2.56. The second-order valence-corrected chi connectivity index (χ2v) is 11.9. The minimum Gasteiger partial charge on any atom is -0.343 e. The molecule has 4 nitrogen and oxygen atoms in total. The molecule has 1 aliphatic carbocycles. The predicted molar refractivity (Wildman–Crippen MR) is 141 cm³/mol. The Balaban J connectivity index is 1.49. The highest BCUT2D eigenvalue weighted by molar-refractivity contribution is 6.30. The van der Waals surface area contributed by atoms with E-state index in [-0.39, 0.29) is 23.8 Å². The first-order valence-corrected chi connectivity index (χ1v) is 13.9. The monoisotopic (exact) mass is 564 g/mol. The van der Waals surface area contributed by atoms with Gasteiger partial charge in [0.1, 0.15) is 0 Å². The molecule has 2 amide bonds. The number of alkyl halides is 4. The van der Waals surface area contributed by atoms with E-state index in [4.69, 9.17) is 11.6 Å². The second-order valence-electron chi connectivity index (χ2n) is 11.4. The summed E-state index contributed by atoms with van der Waals surface area (Å²) in [6.07, 6.45) is -1.45. The second kappa shape index (κ2) is 10.1. The van der Waals surface area contributed by atoms with Crippen molar-refractivity contribution in [3.05, 3.63) is 69.7 Å². The topological polar surface area (TPSA) is 40.6 Å². The summed E-state index contributed by atoms with van der Waals surface area (Å²) in [6, 6.07) is 11.7. The predicted octanol–water partition coefficient (Wildman–Crippen LogP) is 6.37. The van der Waals surface area contributed by atoms with Crippen LogP contribution in [0.25, 0.3) is 0 Å². The van der Waals surface area contributed by atoms with Crippen molar-refractivity contribution in [2.75, 3.05) is 19.6 Å². The van der Waals surface area contributed by atoms with E-state index in [2.05, 4.69) is 0 Å². The number of halogens is 5. The molecule has 2 saturated heterocycles. The molecule has 0 aromatic heterocycles. The summed E-state index contributed by atoms with van der Waals surface area (Å²) in [5.41, 5.74) is -1.70. The number of hydrogen-bond donors (Lipinski definition) is 0. The van der Waals surface area contributed by atoms with Gasteiger partial charge < -0.3 is 9.80 Å². The minimum atomic E-state index is -5.02. The molecular formula is C30H33ClF4N2O2. The number of aryl methyl sites for hydroxylation is 1. The van der Waals surface area contributed by atoms with Gasteiger partial charge in [0.2, 0.25) is 17.5 Å². The summed E-state index contributed by atoms with van der Waals surface area (Å²) in [5.74, 6) is -0.0494. The van der Waals surface area contributed by atoms with E-state index >= 15 is 0 Å². The molecule has 3 unspecified atom stereocenters. The third-order valence-corrected chi connectivity index (χ3v) is 9.47. The van der Waals surface area contributed by atoms with E-state index in [0.717, 1.165) is 16.7 Å². The van der Waals surface area contributed by atoms with Gasteiger partial charge in [0.25, 0.3) is 0 Å². The number of piperidine rings is 1. The molecule has 2 aromatic carbocycles. The number of hydrogen-bond acceptors (Lipinski definition) is 2. The standard InChI is InChI=1S/C30H33ClF4N2O2/c1-19(38)36-14-11-21(12-15-36)27(39)37-16-13-29(18-20-3-7-24(31)8-4-20)25-9-6-23(28(2,32)30(33,34)35)17-22(25)5-10-26(29)37/h3-4,6-9,17,21,26H,5,10-16,18H2,1-2H3. The molecule has 9 heteroatoms. The Morgan fingerprint density at radius 3 is 2.28 bits per heavy atom. The first-order chi connectivity index (χ1) is 18.3. The maximum atomic E-state index is 14.9. The Labute approximate surface area is 231 Å². The van der Waals surface area contributed by atoms with Crippen LogP contribution in [0.15, 0.2) is 42.5 Å². The van der Waals surface area contributed by atoms with Gasteiger partial charge in [-0.2, -0.15) is 13.2 Å². The summed E-state index contributed by atoms with van der Waals surface area (Å²) in [4.78, 5) is 29.3. The van der Waals surface area contributed by atoms with E-state index in [1.165, 1.54) is 12.1 Å². The molecule has 0 spiro atoms. The van der Waals surface area contributed by atoms with Gasteiger partial charge in [0.15, 0.2) is 0 Å². The lowest BCUT2D eigenvalue weighted by Gasteiger charge is -2.45. The fourth-order valence-electron chi connectivity index (χ4n) is 6.93. The van der Waals surface area contributed by atoms with Crippen molar-refractivity contribution in [3.63, 3.8) is 0 Å². The van der Waals surface area contributed by atoms with Crippen LogP contribution in [-0.4, -0.2) is 53.5 Å². The summed E-state index contributed by atoms with van der Waals surface area (Å²) in [7, 11) is 0. The van der Waals surface area contributed by atoms with Gasteiger partial charge in [-0.1, -0.05) is 41.9 Å². The molecule has 3 atom stereocenters. The molecule has 2 fully saturated rings. The van der Waals surface area contributed by atoms with Gasteiger partial charge in [-0.25, -0.2) is 4.39 Å². The molecule has 0 N–H and O–H groups in total. The quantitative estimate of drug-likeness (QED) is 0.405. The summed E-state index contributed by atoms with van der Waals surface area (Å²) in [6.45, 7) is 3.78. The number of rotatable bonds is 4. The van der Waals surface area contributed by atoms with Crippen molar-refractivity contribution in [2.24, 2.45) is 5.92 Å². The molecule has 3 aliphatic rings. The molecule has 0 radical (unpaired) electrons. The molecule has 0 saturated carbocycles. The summed E-state index contributed by atoms with van der Waals surface area (Å²) >= 11 is 6.12. The molecule has 5 rings (SSSR count). The van der Waals surface area contributed by atoms with Crippen molar-refractivity contribution >= 4 is 23.4 Å². The molecule has 39 heavy (non-hydrogen) atoms. The lowest BCUT2D eigenvalue weighted by molar-refractivity contribution is -0.228. The number of nitrogens with zero attached hydrogens (tertiary/aromatic N) is 2. The lowest BCUT2D eigenvalue weighted by atomic mass is 9.63. The van der Waals surface area contributed by atoms with Crippen molar-refractivity contribution in [2.45, 2.75) is 75.7 Å². The smallest absolute Gasteiger partial charge is 0.343 e. The number of carbonyl (C=O) groups excluding carboxylic acids is 2. The summed E-state index contributed by atoms with van der Waals surface area (Å²) in [5, 5.41) is 0.607. The third-order valence-electron chi connectivity index (χ3n) is 9.22. The Hall–Kier alpha value is -2.61. The highest BCUT2D eigenvalue weighted by Crippen LogP contribution is 2.51.